The van der Waals surface area contributed by atoms with E-state index in [1.807, 2.05) is 0 Å². The van der Waals surface area contributed by atoms with Gasteiger partial charge in [-0.05, 0) is 13.0 Å². The summed E-state index contributed by atoms with van der Waals surface area (Å²) in [6.45, 7) is 5.78. The third-order valence-corrected chi connectivity index (χ3v) is 5.51. The third kappa shape index (κ3) is 6.41. The Hall–Kier alpha value is -2.17. The van der Waals surface area contributed by atoms with Crippen LogP contribution in [0.15, 0.2) is 41.6 Å². The molecular formula is C20H23F3N4O2S. The van der Waals surface area contributed by atoms with Crippen molar-refractivity contribution in [3.8, 4) is 11.3 Å². The summed E-state index contributed by atoms with van der Waals surface area (Å²) in [4.78, 5) is 22.4. The fraction of sp³-hybridized carbons (Fsp3) is 0.450. The molecular weight excluding hydrogens is 417 g/mol. The Bertz CT molecular complexity index is 846. The van der Waals surface area contributed by atoms with Crippen molar-refractivity contribution in [2.24, 2.45) is 0 Å². The summed E-state index contributed by atoms with van der Waals surface area (Å²) < 4.78 is 45.2. The minimum atomic E-state index is -4.61. The Morgan fingerprint density at radius 1 is 1.23 bits per heavy atom. The van der Waals surface area contributed by atoms with Gasteiger partial charge in [0.2, 0.25) is 5.91 Å². The van der Waals surface area contributed by atoms with Crippen LogP contribution in [-0.2, 0) is 15.7 Å². The molecule has 1 saturated heterocycles. The summed E-state index contributed by atoms with van der Waals surface area (Å²) in [6.07, 6.45) is -4.61. The molecule has 1 aromatic heterocycles. The number of ether oxygens (including phenoxy) is 1. The van der Waals surface area contributed by atoms with Gasteiger partial charge in [-0.2, -0.15) is 13.2 Å². The van der Waals surface area contributed by atoms with E-state index >= 15 is 0 Å². The van der Waals surface area contributed by atoms with E-state index in [1.54, 1.807) is 37.3 Å². The maximum atomic E-state index is 13.3. The molecule has 1 amide bonds. The van der Waals surface area contributed by atoms with Gasteiger partial charge >= 0.3 is 6.18 Å². The molecule has 0 aliphatic carbocycles. The highest BCUT2D eigenvalue weighted by molar-refractivity contribution is 8.00. The number of hydrogen-bond donors (Lipinski definition) is 1. The molecule has 10 heteroatoms. The van der Waals surface area contributed by atoms with Crippen LogP contribution >= 0.6 is 11.8 Å². The normalized spacial score (nSPS) is 16.3. The predicted molar refractivity (Wildman–Crippen MR) is 108 cm³/mol. The van der Waals surface area contributed by atoms with Gasteiger partial charge in [0, 0.05) is 31.7 Å². The predicted octanol–water partition coefficient (Wildman–Crippen LogP) is 3.09. The lowest BCUT2D eigenvalue weighted by Crippen LogP contribution is -2.42. The number of morpholine rings is 1. The van der Waals surface area contributed by atoms with E-state index in [1.165, 1.54) is 0 Å². The summed E-state index contributed by atoms with van der Waals surface area (Å²) in [5, 5.41) is 2.10. The lowest BCUT2D eigenvalue weighted by molar-refractivity contribution is -0.141. The summed E-state index contributed by atoms with van der Waals surface area (Å²) in [5.41, 5.74) is -0.311. The van der Waals surface area contributed by atoms with E-state index < -0.39 is 17.1 Å². The van der Waals surface area contributed by atoms with Crippen molar-refractivity contribution in [3.63, 3.8) is 0 Å². The number of nitrogens with one attached hydrogen (secondary N) is 1. The number of thioether (sulfide) groups is 1. The molecule has 1 N–H and O–H groups in total. The first-order valence-corrected chi connectivity index (χ1v) is 10.5. The zero-order valence-electron chi connectivity index (χ0n) is 16.5. The van der Waals surface area contributed by atoms with E-state index in [2.05, 4.69) is 20.2 Å². The molecule has 1 aromatic carbocycles. The molecule has 162 valence electrons. The van der Waals surface area contributed by atoms with E-state index in [9.17, 15) is 18.0 Å². The molecule has 0 unspecified atom stereocenters. The number of amides is 1. The molecule has 1 aliphatic heterocycles. The molecule has 30 heavy (non-hydrogen) atoms. The molecule has 0 radical (unpaired) electrons. The number of alkyl halides is 3. The Morgan fingerprint density at radius 2 is 1.93 bits per heavy atom. The maximum Gasteiger partial charge on any atom is 0.433 e. The molecule has 1 atom stereocenters. The van der Waals surface area contributed by atoms with Crippen molar-refractivity contribution in [2.45, 2.75) is 23.5 Å². The number of rotatable bonds is 7. The second-order valence-corrected chi connectivity index (χ2v) is 8.10. The van der Waals surface area contributed by atoms with Crippen LogP contribution < -0.4 is 5.32 Å². The van der Waals surface area contributed by atoms with Gasteiger partial charge in [0.15, 0.2) is 5.16 Å². The SMILES string of the molecule is C[C@@H](Sc1nc(-c2ccccc2)cc(C(F)(F)F)n1)C(=O)NCCN1CCOCC1. The van der Waals surface area contributed by atoms with Gasteiger partial charge in [-0.1, -0.05) is 42.1 Å². The number of aromatic nitrogens is 2. The highest BCUT2D eigenvalue weighted by Gasteiger charge is 2.34. The fourth-order valence-corrected chi connectivity index (χ4v) is 3.71. The van der Waals surface area contributed by atoms with Crippen LogP contribution in [-0.4, -0.2) is 65.4 Å². The minimum Gasteiger partial charge on any atom is -0.379 e. The average molecular weight is 440 g/mol. The lowest BCUT2D eigenvalue weighted by Gasteiger charge is -2.26. The molecule has 1 fully saturated rings. The van der Waals surface area contributed by atoms with Gasteiger partial charge in [-0.15, -0.1) is 0 Å². The standard InChI is InChI=1S/C20H23F3N4O2S/c1-14(18(28)24-7-8-27-9-11-29-12-10-27)30-19-25-16(15-5-3-2-4-6-15)13-17(26-19)20(21,22)23/h2-6,13-14H,7-12H2,1H3,(H,24,28)/t14-/m1/s1. The number of carbonyl (C=O) groups excluding carboxylic acids is 1. The highest BCUT2D eigenvalue weighted by atomic mass is 32.2. The van der Waals surface area contributed by atoms with E-state index in [4.69, 9.17) is 4.74 Å². The largest absolute Gasteiger partial charge is 0.433 e. The second kappa shape index (κ2) is 10.2. The number of nitrogens with zero attached hydrogens (tertiary/aromatic N) is 3. The van der Waals surface area contributed by atoms with Crippen molar-refractivity contribution in [1.29, 1.82) is 0 Å². The maximum absolute atomic E-state index is 13.3. The summed E-state index contributed by atoms with van der Waals surface area (Å²) >= 11 is 0.909. The second-order valence-electron chi connectivity index (χ2n) is 6.79. The van der Waals surface area contributed by atoms with Gasteiger partial charge in [0.25, 0.3) is 0 Å². The summed E-state index contributed by atoms with van der Waals surface area (Å²) in [7, 11) is 0. The molecule has 3 rings (SSSR count). The third-order valence-electron chi connectivity index (χ3n) is 4.55. The van der Waals surface area contributed by atoms with Crippen LogP contribution in [0.3, 0.4) is 0 Å². The van der Waals surface area contributed by atoms with Crippen LogP contribution in [0.4, 0.5) is 13.2 Å². The first-order valence-electron chi connectivity index (χ1n) is 9.59. The van der Waals surface area contributed by atoms with Crippen molar-refractivity contribution in [2.75, 3.05) is 39.4 Å². The van der Waals surface area contributed by atoms with Crippen LogP contribution in [0.1, 0.15) is 12.6 Å². The molecule has 0 saturated carbocycles. The van der Waals surface area contributed by atoms with Gasteiger partial charge in [-0.3, -0.25) is 9.69 Å². The zero-order chi connectivity index (χ0) is 21.6. The molecule has 2 aromatic rings. The van der Waals surface area contributed by atoms with E-state index in [-0.39, 0.29) is 16.8 Å². The summed E-state index contributed by atoms with van der Waals surface area (Å²) in [5.74, 6) is -0.268. The van der Waals surface area contributed by atoms with Crippen molar-refractivity contribution in [1.82, 2.24) is 20.2 Å². The molecule has 6 nitrogen and oxygen atoms in total. The first kappa shape index (κ1) is 22.5. The minimum absolute atomic E-state index is 0.0838. The molecule has 0 bridgehead atoms. The molecule has 1 aliphatic rings. The topological polar surface area (TPSA) is 67.4 Å². The van der Waals surface area contributed by atoms with Crippen molar-refractivity contribution in [3.05, 3.63) is 42.1 Å². The smallest absolute Gasteiger partial charge is 0.379 e. The molecule has 2 heterocycles. The van der Waals surface area contributed by atoms with Crippen molar-refractivity contribution < 1.29 is 22.7 Å². The Labute approximate surface area is 177 Å². The monoisotopic (exact) mass is 440 g/mol. The summed E-state index contributed by atoms with van der Waals surface area (Å²) in [6, 6.07) is 9.50. The van der Waals surface area contributed by atoms with Crippen LogP contribution in [0.25, 0.3) is 11.3 Å². The first-order chi connectivity index (χ1) is 14.3. The van der Waals surface area contributed by atoms with Gasteiger partial charge < -0.3 is 10.1 Å². The van der Waals surface area contributed by atoms with E-state index in [0.717, 1.165) is 30.9 Å². The van der Waals surface area contributed by atoms with Crippen LogP contribution in [0.5, 0.6) is 0 Å². The number of hydrogen-bond acceptors (Lipinski definition) is 6. The van der Waals surface area contributed by atoms with Crippen LogP contribution in [0.2, 0.25) is 0 Å². The van der Waals surface area contributed by atoms with E-state index in [0.29, 0.717) is 31.9 Å². The van der Waals surface area contributed by atoms with Crippen LogP contribution in [0, 0.1) is 0 Å². The Balaban J connectivity index is 1.66. The van der Waals surface area contributed by atoms with Gasteiger partial charge in [0.05, 0.1) is 24.2 Å². The average Bonchev–Trinajstić information content (AvgIpc) is 2.74. The lowest BCUT2D eigenvalue weighted by atomic mass is 10.1. The highest BCUT2D eigenvalue weighted by Crippen LogP contribution is 2.32. The van der Waals surface area contributed by atoms with Crippen molar-refractivity contribution >= 4 is 17.7 Å². The quantitative estimate of drug-likeness (QED) is 0.527. The molecule has 0 spiro atoms. The number of benzene rings is 1. The Morgan fingerprint density at radius 3 is 2.60 bits per heavy atom. The fourth-order valence-electron chi connectivity index (χ4n) is 2.90. The van der Waals surface area contributed by atoms with Gasteiger partial charge in [0.1, 0.15) is 5.69 Å². The number of halogens is 3. The number of carbonyl (C=O) groups is 1. The van der Waals surface area contributed by atoms with Gasteiger partial charge in [-0.25, -0.2) is 9.97 Å². The zero-order valence-corrected chi connectivity index (χ0v) is 17.3. The Kier molecular flexibility index (Phi) is 7.68.